The van der Waals surface area contributed by atoms with E-state index in [2.05, 4.69) is 11.4 Å². The van der Waals surface area contributed by atoms with Crippen LogP contribution in [0.15, 0.2) is 36.4 Å². The van der Waals surface area contributed by atoms with Crippen molar-refractivity contribution in [3.63, 3.8) is 0 Å². The van der Waals surface area contributed by atoms with E-state index in [0.29, 0.717) is 6.54 Å². The Balaban J connectivity index is 2.14. The molecular formula is C16H18FNO2. The third kappa shape index (κ3) is 3.20. The number of hydrogen-bond donors (Lipinski definition) is 1. The van der Waals surface area contributed by atoms with Gasteiger partial charge in [-0.2, -0.15) is 0 Å². The number of benzene rings is 2. The molecule has 4 heteroatoms. The first-order chi connectivity index (χ1) is 9.63. The van der Waals surface area contributed by atoms with Crippen LogP contribution in [0.1, 0.15) is 11.1 Å². The van der Waals surface area contributed by atoms with Crippen LogP contribution in [0.3, 0.4) is 0 Å². The zero-order chi connectivity index (χ0) is 14.5. The van der Waals surface area contributed by atoms with Gasteiger partial charge >= 0.3 is 0 Å². The van der Waals surface area contributed by atoms with Crippen molar-refractivity contribution in [1.82, 2.24) is 0 Å². The Kier molecular flexibility index (Phi) is 4.45. The highest BCUT2D eigenvalue weighted by Crippen LogP contribution is 2.24. The molecule has 20 heavy (non-hydrogen) atoms. The third-order valence-electron chi connectivity index (χ3n) is 3.07. The topological polar surface area (TPSA) is 30.5 Å². The van der Waals surface area contributed by atoms with Crippen LogP contribution in [0.25, 0.3) is 0 Å². The van der Waals surface area contributed by atoms with E-state index in [1.54, 1.807) is 19.2 Å². The van der Waals surface area contributed by atoms with Gasteiger partial charge in [-0.15, -0.1) is 0 Å². The largest absolute Gasteiger partial charge is 0.496 e. The molecule has 2 aromatic carbocycles. The SMILES string of the molecule is COc1cc(NCc2cc(C)ccc2OC)ccc1F. The number of halogens is 1. The molecule has 0 atom stereocenters. The van der Waals surface area contributed by atoms with E-state index in [1.807, 2.05) is 19.1 Å². The molecule has 0 saturated carbocycles. The standard InChI is InChI=1S/C16H18FNO2/c1-11-4-7-15(19-2)12(8-11)10-18-13-5-6-14(17)16(9-13)20-3/h4-9,18H,10H2,1-3H3. The van der Waals surface area contributed by atoms with Crippen LogP contribution in [-0.4, -0.2) is 14.2 Å². The maximum absolute atomic E-state index is 13.3. The summed E-state index contributed by atoms with van der Waals surface area (Å²) in [5, 5.41) is 3.24. The molecule has 106 valence electrons. The van der Waals surface area contributed by atoms with Gasteiger partial charge in [0.25, 0.3) is 0 Å². The summed E-state index contributed by atoms with van der Waals surface area (Å²) in [5.41, 5.74) is 3.02. The Morgan fingerprint density at radius 1 is 1.00 bits per heavy atom. The summed E-state index contributed by atoms with van der Waals surface area (Å²) < 4.78 is 23.6. The van der Waals surface area contributed by atoms with Gasteiger partial charge in [-0.25, -0.2) is 4.39 Å². The second-order valence-corrected chi connectivity index (χ2v) is 4.52. The number of rotatable bonds is 5. The molecule has 2 aromatic rings. The summed E-state index contributed by atoms with van der Waals surface area (Å²) in [6, 6.07) is 10.7. The van der Waals surface area contributed by atoms with Crippen molar-refractivity contribution in [3.05, 3.63) is 53.3 Å². The fraction of sp³-hybridized carbons (Fsp3) is 0.250. The number of ether oxygens (including phenoxy) is 2. The smallest absolute Gasteiger partial charge is 0.165 e. The van der Waals surface area contributed by atoms with Crippen LogP contribution in [0.5, 0.6) is 11.5 Å². The summed E-state index contributed by atoms with van der Waals surface area (Å²) in [7, 11) is 3.10. The molecule has 2 rings (SSSR count). The summed E-state index contributed by atoms with van der Waals surface area (Å²) in [5.74, 6) is 0.689. The van der Waals surface area contributed by atoms with Gasteiger partial charge in [-0.05, 0) is 25.1 Å². The highest BCUT2D eigenvalue weighted by atomic mass is 19.1. The Morgan fingerprint density at radius 3 is 2.45 bits per heavy atom. The zero-order valence-corrected chi connectivity index (χ0v) is 11.9. The van der Waals surface area contributed by atoms with E-state index in [1.165, 1.54) is 18.7 Å². The molecule has 0 aliphatic heterocycles. The van der Waals surface area contributed by atoms with Gasteiger partial charge in [0.1, 0.15) is 5.75 Å². The quantitative estimate of drug-likeness (QED) is 0.901. The number of nitrogens with one attached hydrogen (secondary N) is 1. The van der Waals surface area contributed by atoms with E-state index >= 15 is 0 Å². The second-order valence-electron chi connectivity index (χ2n) is 4.52. The first-order valence-corrected chi connectivity index (χ1v) is 6.35. The highest BCUT2D eigenvalue weighted by Gasteiger charge is 2.06. The van der Waals surface area contributed by atoms with E-state index in [0.717, 1.165) is 17.0 Å². The predicted octanol–water partition coefficient (Wildman–Crippen LogP) is 3.76. The van der Waals surface area contributed by atoms with E-state index in [9.17, 15) is 4.39 Å². The van der Waals surface area contributed by atoms with Crippen LogP contribution in [0.4, 0.5) is 10.1 Å². The highest BCUT2D eigenvalue weighted by molar-refractivity contribution is 5.50. The van der Waals surface area contributed by atoms with Crippen LogP contribution in [0, 0.1) is 12.7 Å². The molecule has 0 aliphatic rings. The lowest BCUT2D eigenvalue weighted by atomic mass is 10.1. The minimum absolute atomic E-state index is 0.228. The Bertz CT molecular complexity index is 599. The molecule has 3 nitrogen and oxygen atoms in total. The van der Waals surface area contributed by atoms with Crippen LogP contribution < -0.4 is 14.8 Å². The minimum atomic E-state index is -0.369. The van der Waals surface area contributed by atoms with Gasteiger partial charge < -0.3 is 14.8 Å². The summed E-state index contributed by atoms with van der Waals surface area (Å²) in [6.07, 6.45) is 0. The van der Waals surface area contributed by atoms with Gasteiger partial charge in [-0.1, -0.05) is 17.7 Å². The fourth-order valence-corrected chi connectivity index (χ4v) is 2.01. The molecule has 0 radical (unpaired) electrons. The lowest BCUT2D eigenvalue weighted by Crippen LogP contribution is -2.02. The van der Waals surface area contributed by atoms with Gasteiger partial charge in [0.15, 0.2) is 11.6 Å². The third-order valence-corrected chi connectivity index (χ3v) is 3.07. The first-order valence-electron chi connectivity index (χ1n) is 6.35. The molecule has 0 saturated heterocycles. The van der Waals surface area contributed by atoms with E-state index < -0.39 is 0 Å². The number of aryl methyl sites for hydroxylation is 1. The summed E-state index contributed by atoms with van der Waals surface area (Å²) >= 11 is 0. The lowest BCUT2D eigenvalue weighted by Gasteiger charge is -2.12. The molecule has 0 aromatic heterocycles. The Hall–Kier alpha value is -2.23. The Morgan fingerprint density at radius 2 is 1.75 bits per heavy atom. The molecular weight excluding hydrogens is 257 g/mol. The van der Waals surface area contributed by atoms with Crippen molar-refractivity contribution in [2.45, 2.75) is 13.5 Å². The molecule has 0 unspecified atom stereocenters. The molecule has 0 amide bonds. The predicted molar refractivity (Wildman–Crippen MR) is 78.0 cm³/mol. The van der Waals surface area contributed by atoms with Crippen molar-refractivity contribution in [2.24, 2.45) is 0 Å². The average Bonchev–Trinajstić information content (AvgIpc) is 2.46. The lowest BCUT2D eigenvalue weighted by molar-refractivity contribution is 0.387. The number of anilines is 1. The van der Waals surface area contributed by atoms with Crippen LogP contribution in [0.2, 0.25) is 0 Å². The monoisotopic (exact) mass is 275 g/mol. The average molecular weight is 275 g/mol. The number of hydrogen-bond acceptors (Lipinski definition) is 3. The van der Waals surface area contributed by atoms with Crippen molar-refractivity contribution in [1.29, 1.82) is 0 Å². The maximum atomic E-state index is 13.3. The Labute approximate surface area is 118 Å². The zero-order valence-electron chi connectivity index (χ0n) is 11.9. The van der Waals surface area contributed by atoms with Gasteiger partial charge in [0.05, 0.1) is 14.2 Å². The molecule has 0 aliphatic carbocycles. The number of methoxy groups -OCH3 is 2. The van der Waals surface area contributed by atoms with Crippen LogP contribution in [-0.2, 0) is 6.54 Å². The second kappa shape index (κ2) is 6.28. The van der Waals surface area contributed by atoms with Crippen molar-refractivity contribution < 1.29 is 13.9 Å². The first kappa shape index (κ1) is 14.2. The summed E-state index contributed by atoms with van der Waals surface area (Å²) in [4.78, 5) is 0. The van der Waals surface area contributed by atoms with Gasteiger partial charge in [-0.3, -0.25) is 0 Å². The molecule has 0 bridgehead atoms. The van der Waals surface area contributed by atoms with Crippen molar-refractivity contribution >= 4 is 5.69 Å². The fourth-order valence-electron chi connectivity index (χ4n) is 2.01. The van der Waals surface area contributed by atoms with Crippen LogP contribution >= 0.6 is 0 Å². The van der Waals surface area contributed by atoms with Gasteiger partial charge in [0.2, 0.25) is 0 Å². The van der Waals surface area contributed by atoms with Crippen molar-refractivity contribution in [3.8, 4) is 11.5 Å². The normalized spacial score (nSPS) is 10.2. The van der Waals surface area contributed by atoms with E-state index in [4.69, 9.17) is 9.47 Å². The van der Waals surface area contributed by atoms with Crippen molar-refractivity contribution in [2.75, 3.05) is 19.5 Å². The molecule has 0 heterocycles. The molecule has 0 spiro atoms. The molecule has 1 N–H and O–H groups in total. The summed E-state index contributed by atoms with van der Waals surface area (Å²) in [6.45, 7) is 2.63. The maximum Gasteiger partial charge on any atom is 0.165 e. The van der Waals surface area contributed by atoms with E-state index in [-0.39, 0.29) is 11.6 Å². The molecule has 0 fully saturated rings. The van der Waals surface area contributed by atoms with Gasteiger partial charge in [0, 0.05) is 23.9 Å². The minimum Gasteiger partial charge on any atom is -0.496 e.